The van der Waals surface area contributed by atoms with Gasteiger partial charge in [-0.15, -0.1) is 0 Å². The molecule has 0 fully saturated rings. The van der Waals surface area contributed by atoms with Crippen molar-refractivity contribution < 1.29 is 23.1 Å². The molecule has 6 nitrogen and oxygen atoms in total. The van der Waals surface area contributed by atoms with E-state index < -0.39 is 5.97 Å². The number of halogens is 1. The maximum Gasteiger partial charge on any atom is 0.373 e. The Morgan fingerprint density at radius 1 is 1.14 bits per heavy atom. The minimum Gasteiger partial charge on any atom is -0.487 e. The highest BCUT2D eigenvalue weighted by Crippen LogP contribution is 2.34. The molecule has 0 amide bonds. The quantitative estimate of drug-likeness (QED) is 0.469. The number of methoxy groups -OCH3 is 1. The Balaban J connectivity index is 1.65. The van der Waals surface area contributed by atoms with Crippen molar-refractivity contribution in [3.8, 4) is 5.75 Å². The van der Waals surface area contributed by atoms with Gasteiger partial charge in [-0.1, -0.05) is 11.6 Å². The van der Waals surface area contributed by atoms with Crippen LogP contribution in [-0.2, 0) is 24.2 Å². The van der Waals surface area contributed by atoms with Crippen molar-refractivity contribution in [1.82, 2.24) is 0 Å². The lowest BCUT2D eigenvalue weighted by atomic mass is 9.91. The maximum atomic E-state index is 12.3. The summed E-state index contributed by atoms with van der Waals surface area (Å²) in [4.78, 5) is 23.9. The SMILES string of the molecule is COC(=O)c1cc(COc2cc3oc(=O)c4c(c3cc2Cl)CCCC4)c(C)o1. The van der Waals surface area contributed by atoms with Crippen LogP contribution in [0.2, 0.25) is 5.02 Å². The number of carbonyl (C=O) groups is 1. The molecule has 0 spiro atoms. The zero-order valence-corrected chi connectivity index (χ0v) is 16.4. The molecule has 0 saturated carbocycles. The van der Waals surface area contributed by atoms with Crippen LogP contribution in [0.1, 0.15) is 45.8 Å². The second-order valence-electron chi connectivity index (χ2n) is 6.80. The Morgan fingerprint density at radius 3 is 2.64 bits per heavy atom. The number of furan rings is 1. The van der Waals surface area contributed by atoms with E-state index in [1.54, 1.807) is 25.1 Å². The topological polar surface area (TPSA) is 78.9 Å². The molecule has 0 unspecified atom stereocenters. The highest BCUT2D eigenvalue weighted by atomic mass is 35.5. The van der Waals surface area contributed by atoms with Gasteiger partial charge in [0.2, 0.25) is 5.76 Å². The van der Waals surface area contributed by atoms with E-state index in [1.807, 2.05) is 0 Å². The number of aryl methyl sites for hydroxylation is 2. The summed E-state index contributed by atoms with van der Waals surface area (Å²) < 4.78 is 21.4. The molecule has 0 radical (unpaired) electrons. The smallest absolute Gasteiger partial charge is 0.373 e. The molecule has 28 heavy (non-hydrogen) atoms. The Bertz CT molecular complexity index is 1120. The summed E-state index contributed by atoms with van der Waals surface area (Å²) in [7, 11) is 1.29. The van der Waals surface area contributed by atoms with Gasteiger partial charge in [0.05, 0.1) is 12.1 Å². The lowest BCUT2D eigenvalue weighted by molar-refractivity contribution is 0.0563. The van der Waals surface area contributed by atoms with E-state index in [9.17, 15) is 9.59 Å². The van der Waals surface area contributed by atoms with Gasteiger partial charge < -0.3 is 18.3 Å². The molecule has 2 aromatic heterocycles. The minimum atomic E-state index is -0.551. The van der Waals surface area contributed by atoms with Gasteiger partial charge in [0, 0.05) is 22.6 Å². The molecule has 0 bridgehead atoms. The third kappa shape index (κ3) is 3.29. The fourth-order valence-electron chi connectivity index (χ4n) is 3.57. The highest BCUT2D eigenvalue weighted by Gasteiger charge is 2.20. The Kier molecular flexibility index (Phi) is 4.89. The van der Waals surface area contributed by atoms with Crippen molar-refractivity contribution in [1.29, 1.82) is 0 Å². The summed E-state index contributed by atoms with van der Waals surface area (Å²) in [5.41, 5.74) is 2.66. The molecule has 0 saturated heterocycles. The van der Waals surface area contributed by atoms with Crippen molar-refractivity contribution in [2.75, 3.05) is 7.11 Å². The van der Waals surface area contributed by atoms with E-state index in [-0.39, 0.29) is 18.0 Å². The number of esters is 1. The minimum absolute atomic E-state index is 0.112. The van der Waals surface area contributed by atoms with Crippen LogP contribution >= 0.6 is 11.6 Å². The number of benzene rings is 1. The second kappa shape index (κ2) is 7.36. The van der Waals surface area contributed by atoms with Crippen LogP contribution < -0.4 is 10.4 Å². The lowest BCUT2D eigenvalue weighted by Gasteiger charge is -2.17. The number of hydrogen-bond donors (Lipinski definition) is 0. The fraction of sp³-hybridized carbons (Fsp3) is 0.333. The number of fused-ring (bicyclic) bond motifs is 3. The van der Waals surface area contributed by atoms with Crippen molar-refractivity contribution in [3.05, 3.63) is 61.9 Å². The van der Waals surface area contributed by atoms with Gasteiger partial charge in [0.15, 0.2) is 0 Å². The first-order chi connectivity index (χ1) is 13.5. The summed E-state index contributed by atoms with van der Waals surface area (Å²) in [5, 5.41) is 1.29. The van der Waals surface area contributed by atoms with Gasteiger partial charge in [0.25, 0.3) is 0 Å². The van der Waals surface area contributed by atoms with Crippen molar-refractivity contribution >= 4 is 28.5 Å². The summed E-state index contributed by atoms with van der Waals surface area (Å²) in [6.07, 6.45) is 3.63. The number of carbonyl (C=O) groups excluding carboxylic acids is 1. The molecular formula is C21H19ClO6. The van der Waals surface area contributed by atoms with E-state index in [0.29, 0.717) is 27.7 Å². The number of ether oxygens (including phenoxy) is 2. The van der Waals surface area contributed by atoms with Gasteiger partial charge in [-0.05, 0) is 50.3 Å². The normalized spacial score (nSPS) is 13.4. The Morgan fingerprint density at radius 2 is 1.89 bits per heavy atom. The average Bonchev–Trinajstić information content (AvgIpc) is 3.07. The fourth-order valence-corrected chi connectivity index (χ4v) is 3.79. The zero-order valence-electron chi connectivity index (χ0n) is 15.6. The van der Waals surface area contributed by atoms with E-state index in [1.165, 1.54) is 7.11 Å². The molecule has 4 rings (SSSR count). The third-order valence-electron chi connectivity index (χ3n) is 5.07. The largest absolute Gasteiger partial charge is 0.487 e. The monoisotopic (exact) mass is 402 g/mol. The van der Waals surface area contributed by atoms with Gasteiger partial charge in [-0.2, -0.15) is 0 Å². The first-order valence-electron chi connectivity index (χ1n) is 9.06. The van der Waals surface area contributed by atoms with Crippen molar-refractivity contribution in [2.24, 2.45) is 0 Å². The molecular weight excluding hydrogens is 384 g/mol. The lowest BCUT2D eigenvalue weighted by Crippen LogP contribution is -2.15. The van der Waals surface area contributed by atoms with Crippen LogP contribution in [0.15, 0.2) is 31.8 Å². The molecule has 1 aliphatic carbocycles. The van der Waals surface area contributed by atoms with E-state index >= 15 is 0 Å². The van der Waals surface area contributed by atoms with Gasteiger partial charge >= 0.3 is 11.6 Å². The maximum absolute atomic E-state index is 12.3. The van der Waals surface area contributed by atoms with Crippen molar-refractivity contribution in [2.45, 2.75) is 39.2 Å². The third-order valence-corrected chi connectivity index (χ3v) is 5.36. The highest BCUT2D eigenvalue weighted by molar-refractivity contribution is 6.32. The molecule has 1 aromatic carbocycles. The molecule has 0 aliphatic heterocycles. The molecule has 0 atom stereocenters. The van der Waals surface area contributed by atoms with Crippen LogP contribution in [0.4, 0.5) is 0 Å². The van der Waals surface area contributed by atoms with Crippen LogP contribution in [0.5, 0.6) is 5.75 Å². The van der Waals surface area contributed by atoms with Gasteiger partial charge in [0.1, 0.15) is 23.7 Å². The molecule has 1 aliphatic rings. The van der Waals surface area contributed by atoms with E-state index in [2.05, 4.69) is 4.74 Å². The zero-order chi connectivity index (χ0) is 19.8. The molecule has 3 aromatic rings. The van der Waals surface area contributed by atoms with Crippen LogP contribution in [0.3, 0.4) is 0 Å². The van der Waals surface area contributed by atoms with E-state index in [0.717, 1.165) is 42.2 Å². The summed E-state index contributed by atoms with van der Waals surface area (Å²) in [5.74, 6) is 0.511. The molecule has 146 valence electrons. The number of rotatable bonds is 4. The second-order valence-corrected chi connectivity index (χ2v) is 7.21. The van der Waals surface area contributed by atoms with Gasteiger partial charge in [-0.3, -0.25) is 0 Å². The van der Waals surface area contributed by atoms with Gasteiger partial charge in [-0.25, -0.2) is 9.59 Å². The first kappa shape index (κ1) is 18.6. The summed E-state index contributed by atoms with van der Waals surface area (Å²) in [6.45, 7) is 1.88. The summed E-state index contributed by atoms with van der Waals surface area (Å²) in [6, 6.07) is 5.01. The molecule has 7 heteroatoms. The standard InChI is InChI=1S/C21H19ClO6/c1-11-12(7-19(27-11)21(24)25-2)10-26-18-9-17-15(8-16(18)22)13-5-3-4-6-14(13)20(23)28-17/h7-9H,3-6,10H2,1-2H3. The van der Waals surface area contributed by atoms with E-state index in [4.69, 9.17) is 25.2 Å². The van der Waals surface area contributed by atoms with Crippen LogP contribution in [0.25, 0.3) is 11.0 Å². The average molecular weight is 403 g/mol. The number of hydrogen-bond acceptors (Lipinski definition) is 6. The molecule has 2 heterocycles. The van der Waals surface area contributed by atoms with Crippen molar-refractivity contribution in [3.63, 3.8) is 0 Å². The first-order valence-corrected chi connectivity index (χ1v) is 9.44. The Hall–Kier alpha value is -2.73. The predicted molar refractivity (Wildman–Crippen MR) is 103 cm³/mol. The van der Waals surface area contributed by atoms with Crippen LogP contribution in [-0.4, -0.2) is 13.1 Å². The van der Waals surface area contributed by atoms with Crippen LogP contribution in [0, 0.1) is 6.92 Å². The summed E-state index contributed by atoms with van der Waals surface area (Å²) >= 11 is 6.43. The molecule has 0 N–H and O–H groups in total. The Labute approximate surface area is 166 Å². The predicted octanol–water partition coefficient (Wildman–Crippen LogP) is 4.59.